The highest BCUT2D eigenvalue weighted by Crippen LogP contribution is 2.39. The Morgan fingerprint density at radius 2 is 1.83 bits per heavy atom. The Bertz CT molecular complexity index is 419. The number of rotatable bonds is 3. The van der Waals surface area contributed by atoms with Crippen LogP contribution in [-0.4, -0.2) is 29.5 Å². The van der Waals surface area contributed by atoms with Crippen molar-refractivity contribution in [2.24, 2.45) is 0 Å². The summed E-state index contributed by atoms with van der Waals surface area (Å²) in [7, 11) is 0. The number of fused-ring (bicyclic) bond motifs is 1. The van der Waals surface area contributed by atoms with E-state index in [-0.39, 0.29) is 11.5 Å². The van der Waals surface area contributed by atoms with Crippen LogP contribution >= 0.6 is 0 Å². The Hall–Kier alpha value is -1.35. The Morgan fingerprint density at radius 1 is 1.17 bits per heavy atom. The largest absolute Gasteiger partial charge is 0.459 e. The highest BCUT2D eigenvalue weighted by atomic mass is 16.5. The maximum Gasteiger partial charge on any atom is 0.326 e. The highest BCUT2D eigenvalue weighted by molar-refractivity contribution is 5.81. The molecule has 0 atom stereocenters. The van der Waals surface area contributed by atoms with Crippen LogP contribution in [-0.2, 0) is 16.1 Å². The summed E-state index contributed by atoms with van der Waals surface area (Å²) in [5.74, 6) is -0.0126. The van der Waals surface area contributed by atoms with Gasteiger partial charge in [-0.2, -0.15) is 0 Å². The second-order valence-electron chi connectivity index (χ2n) is 5.29. The lowest BCUT2D eigenvalue weighted by molar-refractivity contribution is -0.156. The average Bonchev–Trinajstić information content (AvgIpc) is 2.97. The molecule has 18 heavy (non-hydrogen) atoms. The zero-order chi connectivity index (χ0) is 12.4. The van der Waals surface area contributed by atoms with Crippen molar-refractivity contribution in [3.8, 4) is 0 Å². The number of hydrogen-bond acceptors (Lipinski definition) is 3. The van der Waals surface area contributed by atoms with Gasteiger partial charge in [0.15, 0.2) is 0 Å². The van der Waals surface area contributed by atoms with Crippen LogP contribution < -0.4 is 0 Å². The molecule has 0 radical (unpaired) electrons. The second-order valence-corrected chi connectivity index (χ2v) is 5.29. The molecule has 2 fully saturated rings. The SMILES string of the molecule is O=C(OCc1ccccc1)C12CCCN1CCC2. The fourth-order valence-electron chi connectivity index (χ4n) is 3.30. The van der Waals surface area contributed by atoms with E-state index in [9.17, 15) is 4.79 Å². The molecular weight excluding hydrogens is 226 g/mol. The first-order valence-electron chi connectivity index (χ1n) is 6.77. The van der Waals surface area contributed by atoms with Crippen molar-refractivity contribution in [3.63, 3.8) is 0 Å². The van der Waals surface area contributed by atoms with Gasteiger partial charge in [0.05, 0.1) is 0 Å². The zero-order valence-corrected chi connectivity index (χ0v) is 10.6. The topological polar surface area (TPSA) is 29.5 Å². The zero-order valence-electron chi connectivity index (χ0n) is 10.6. The van der Waals surface area contributed by atoms with Gasteiger partial charge in [0.2, 0.25) is 0 Å². The smallest absolute Gasteiger partial charge is 0.326 e. The van der Waals surface area contributed by atoms with E-state index in [1.807, 2.05) is 30.3 Å². The minimum Gasteiger partial charge on any atom is -0.459 e. The summed E-state index contributed by atoms with van der Waals surface area (Å²) >= 11 is 0. The number of benzene rings is 1. The first-order valence-corrected chi connectivity index (χ1v) is 6.77. The predicted octanol–water partition coefficient (Wildman–Crippen LogP) is 2.36. The first kappa shape index (κ1) is 11.7. The predicted molar refractivity (Wildman–Crippen MR) is 69.0 cm³/mol. The summed E-state index contributed by atoms with van der Waals surface area (Å²) in [4.78, 5) is 14.7. The van der Waals surface area contributed by atoms with Gasteiger partial charge < -0.3 is 4.74 Å². The highest BCUT2D eigenvalue weighted by Gasteiger charge is 2.51. The molecule has 2 aliphatic heterocycles. The van der Waals surface area contributed by atoms with Gasteiger partial charge in [-0.3, -0.25) is 9.69 Å². The van der Waals surface area contributed by atoms with Crippen molar-refractivity contribution >= 4 is 5.97 Å². The van der Waals surface area contributed by atoms with E-state index in [2.05, 4.69) is 4.90 Å². The molecule has 0 saturated carbocycles. The molecule has 0 N–H and O–H groups in total. The molecule has 96 valence electrons. The number of carbonyl (C=O) groups is 1. The van der Waals surface area contributed by atoms with E-state index in [4.69, 9.17) is 4.74 Å². The maximum absolute atomic E-state index is 12.4. The maximum atomic E-state index is 12.4. The van der Waals surface area contributed by atoms with E-state index < -0.39 is 0 Å². The molecule has 2 heterocycles. The standard InChI is InChI=1S/C15H19NO2/c17-14(18-12-13-6-2-1-3-7-13)15-8-4-10-16(15)11-5-9-15/h1-3,6-7H,4-5,8-12H2. The number of esters is 1. The van der Waals surface area contributed by atoms with Crippen LogP contribution in [0.15, 0.2) is 30.3 Å². The normalized spacial score (nSPS) is 21.8. The van der Waals surface area contributed by atoms with Crippen LogP contribution in [0.5, 0.6) is 0 Å². The van der Waals surface area contributed by atoms with Gasteiger partial charge in [0.25, 0.3) is 0 Å². The molecule has 1 aromatic carbocycles. The molecule has 0 aromatic heterocycles. The van der Waals surface area contributed by atoms with Crippen LogP contribution in [0.3, 0.4) is 0 Å². The molecule has 1 aromatic rings. The van der Waals surface area contributed by atoms with Crippen molar-refractivity contribution < 1.29 is 9.53 Å². The molecule has 2 saturated heterocycles. The van der Waals surface area contributed by atoms with E-state index >= 15 is 0 Å². The molecule has 0 spiro atoms. The van der Waals surface area contributed by atoms with Crippen molar-refractivity contribution in [2.75, 3.05) is 13.1 Å². The number of hydrogen-bond donors (Lipinski definition) is 0. The quantitative estimate of drug-likeness (QED) is 0.766. The van der Waals surface area contributed by atoms with Crippen LogP contribution in [0.4, 0.5) is 0 Å². The van der Waals surface area contributed by atoms with Crippen LogP contribution in [0.25, 0.3) is 0 Å². The second kappa shape index (κ2) is 4.73. The summed E-state index contributed by atoms with van der Waals surface area (Å²) in [6.45, 7) is 2.51. The molecule has 0 bridgehead atoms. The molecule has 0 amide bonds. The first-order chi connectivity index (χ1) is 8.81. The van der Waals surface area contributed by atoms with Crippen molar-refractivity contribution in [2.45, 2.75) is 37.8 Å². The van der Waals surface area contributed by atoms with Gasteiger partial charge in [-0.15, -0.1) is 0 Å². The number of carbonyl (C=O) groups excluding carboxylic acids is 1. The van der Waals surface area contributed by atoms with Gasteiger partial charge in [0.1, 0.15) is 12.1 Å². The molecule has 3 rings (SSSR count). The monoisotopic (exact) mass is 245 g/mol. The third kappa shape index (κ3) is 1.93. The molecule has 0 unspecified atom stereocenters. The summed E-state index contributed by atoms with van der Waals surface area (Å²) in [5.41, 5.74) is 0.777. The lowest BCUT2D eigenvalue weighted by Gasteiger charge is -2.29. The third-order valence-electron chi connectivity index (χ3n) is 4.23. The minimum absolute atomic E-state index is 0.0126. The van der Waals surface area contributed by atoms with Crippen molar-refractivity contribution in [1.82, 2.24) is 4.90 Å². The number of nitrogens with zero attached hydrogens (tertiary/aromatic N) is 1. The van der Waals surface area contributed by atoms with Crippen LogP contribution in [0, 0.1) is 0 Å². The lowest BCUT2D eigenvalue weighted by atomic mass is 9.94. The van der Waals surface area contributed by atoms with Gasteiger partial charge >= 0.3 is 5.97 Å². The Labute approximate surface area is 108 Å². The molecule has 3 nitrogen and oxygen atoms in total. The number of ether oxygens (including phenoxy) is 1. The van der Waals surface area contributed by atoms with Gasteiger partial charge in [0, 0.05) is 0 Å². The van der Waals surface area contributed by atoms with Crippen molar-refractivity contribution in [3.05, 3.63) is 35.9 Å². The van der Waals surface area contributed by atoms with Crippen molar-refractivity contribution in [1.29, 1.82) is 0 Å². The summed E-state index contributed by atoms with van der Waals surface area (Å²) in [5, 5.41) is 0. The van der Waals surface area contributed by atoms with Gasteiger partial charge in [-0.25, -0.2) is 0 Å². The summed E-state index contributed by atoms with van der Waals surface area (Å²) in [6, 6.07) is 9.90. The average molecular weight is 245 g/mol. The van der Waals surface area contributed by atoms with E-state index in [1.54, 1.807) is 0 Å². The fraction of sp³-hybridized carbons (Fsp3) is 0.533. The molecule has 3 heteroatoms. The van der Waals surface area contributed by atoms with E-state index in [0.717, 1.165) is 44.3 Å². The van der Waals surface area contributed by atoms with Gasteiger partial charge in [-0.05, 0) is 44.3 Å². The lowest BCUT2D eigenvalue weighted by Crippen LogP contribution is -2.46. The Kier molecular flexibility index (Phi) is 3.08. The van der Waals surface area contributed by atoms with E-state index in [1.165, 1.54) is 0 Å². The summed E-state index contributed by atoms with van der Waals surface area (Å²) < 4.78 is 5.54. The van der Waals surface area contributed by atoms with Crippen LogP contribution in [0.2, 0.25) is 0 Å². The Balaban J connectivity index is 1.65. The molecular formula is C15H19NO2. The third-order valence-corrected chi connectivity index (χ3v) is 4.23. The van der Waals surface area contributed by atoms with Crippen LogP contribution in [0.1, 0.15) is 31.2 Å². The molecule has 2 aliphatic rings. The minimum atomic E-state index is -0.283. The Morgan fingerprint density at radius 3 is 2.50 bits per heavy atom. The fourth-order valence-corrected chi connectivity index (χ4v) is 3.30. The molecule has 0 aliphatic carbocycles. The van der Waals surface area contributed by atoms with E-state index in [0.29, 0.717) is 6.61 Å². The van der Waals surface area contributed by atoms with Gasteiger partial charge in [-0.1, -0.05) is 30.3 Å². The summed E-state index contributed by atoms with van der Waals surface area (Å²) in [6.07, 6.45) is 4.20.